The Balaban J connectivity index is 3.50. The van der Waals surface area contributed by atoms with Gasteiger partial charge in [-0.15, -0.1) is 0 Å². The lowest BCUT2D eigenvalue weighted by molar-refractivity contribution is -0.141. The van der Waals surface area contributed by atoms with Crippen molar-refractivity contribution in [2.45, 2.75) is 13.3 Å². The van der Waals surface area contributed by atoms with Crippen LogP contribution in [0.3, 0.4) is 0 Å². The number of nitrogens with one attached hydrogen (secondary N) is 2. The first kappa shape index (κ1) is 16.7. The maximum absolute atomic E-state index is 11.3. The molecular formula is C11H22N2O5. The van der Waals surface area contributed by atoms with E-state index in [-0.39, 0.29) is 12.6 Å². The van der Waals surface area contributed by atoms with E-state index in [0.717, 1.165) is 0 Å². The van der Waals surface area contributed by atoms with Crippen molar-refractivity contribution in [1.29, 1.82) is 0 Å². The number of amides is 2. The van der Waals surface area contributed by atoms with E-state index in [1.165, 1.54) is 0 Å². The first-order valence-corrected chi connectivity index (χ1v) is 5.93. The molecule has 0 aromatic carbocycles. The van der Waals surface area contributed by atoms with Crippen molar-refractivity contribution in [3.63, 3.8) is 0 Å². The molecule has 0 saturated carbocycles. The average molecular weight is 262 g/mol. The lowest BCUT2D eigenvalue weighted by Crippen LogP contribution is -2.41. The highest BCUT2D eigenvalue weighted by atomic mass is 16.5. The van der Waals surface area contributed by atoms with Crippen molar-refractivity contribution in [2.75, 3.05) is 40.0 Å². The van der Waals surface area contributed by atoms with E-state index in [2.05, 4.69) is 10.6 Å². The standard InChI is InChI=1S/C11H22N2O5/c1-3-9(10(14)15)8-13-11(16)12-4-5-18-7-6-17-2/h9H,3-8H2,1-2H3,(H,14,15)(H2,12,13,16). The zero-order valence-corrected chi connectivity index (χ0v) is 10.9. The predicted octanol–water partition coefficient (Wildman–Crippen LogP) is 0.0594. The lowest BCUT2D eigenvalue weighted by Gasteiger charge is -2.12. The van der Waals surface area contributed by atoms with Gasteiger partial charge in [0.1, 0.15) is 0 Å². The molecule has 106 valence electrons. The van der Waals surface area contributed by atoms with Gasteiger partial charge in [-0.2, -0.15) is 0 Å². The summed E-state index contributed by atoms with van der Waals surface area (Å²) in [5.74, 6) is -1.45. The molecule has 7 nitrogen and oxygen atoms in total. The van der Waals surface area contributed by atoms with E-state index in [9.17, 15) is 9.59 Å². The molecule has 18 heavy (non-hydrogen) atoms. The largest absolute Gasteiger partial charge is 0.481 e. The number of urea groups is 1. The summed E-state index contributed by atoms with van der Waals surface area (Å²) in [6, 6.07) is -0.384. The number of hydrogen-bond donors (Lipinski definition) is 3. The molecule has 0 fully saturated rings. The number of hydrogen-bond acceptors (Lipinski definition) is 4. The van der Waals surface area contributed by atoms with Crippen LogP contribution in [0, 0.1) is 5.92 Å². The van der Waals surface area contributed by atoms with Gasteiger partial charge in [0.2, 0.25) is 0 Å². The molecule has 1 atom stereocenters. The quantitative estimate of drug-likeness (QED) is 0.484. The highest BCUT2D eigenvalue weighted by Crippen LogP contribution is 1.99. The summed E-state index contributed by atoms with van der Waals surface area (Å²) < 4.78 is 9.94. The third-order valence-corrected chi connectivity index (χ3v) is 2.31. The first-order chi connectivity index (χ1) is 8.61. The zero-order chi connectivity index (χ0) is 13.8. The van der Waals surface area contributed by atoms with Crippen LogP contribution in [-0.2, 0) is 14.3 Å². The summed E-state index contributed by atoms with van der Waals surface area (Å²) in [5, 5.41) is 13.9. The van der Waals surface area contributed by atoms with E-state index >= 15 is 0 Å². The van der Waals surface area contributed by atoms with Gasteiger partial charge < -0.3 is 25.2 Å². The highest BCUT2D eigenvalue weighted by Gasteiger charge is 2.15. The number of carbonyl (C=O) groups is 2. The maximum Gasteiger partial charge on any atom is 0.314 e. The molecule has 7 heteroatoms. The Morgan fingerprint density at radius 1 is 1.22 bits per heavy atom. The fourth-order valence-corrected chi connectivity index (χ4v) is 1.17. The SMILES string of the molecule is CCC(CNC(=O)NCCOCCOC)C(=O)O. The molecule has 0 aromatic rings. The van der Waals surface area contributed by atoms with Crippen LogP contribution in [0.1, 0.15) is 13.3 Å². The summed E-state index contributed by atoms with van der Waals surface area (Å²) in [5.41, 5.74) is 0. The highest BCUT2D eigenvalue weighted by molar-refractivity contribution is 5.75. The Kier molecular flexibility index (Phi) is 9.99. The van der Waals surface area contributed by atoms with Crippen molar-refractivity contribution in [1.82, 2.24) is 10.6 Å². The van der Waals surface area contributed by atoms with E-state index in [4.69, 9.17) is 14.6 Å². The second-order valence-electron chi connectivity index (χ2n) is 3.69. The van der Waals surface area contributed by atoms with Gasteiger partial charge in [-0.25, -0.2) is 4.79 Å². The molecule has 0 saturated heterocycles. The molecule has 0 rings (SSSR count). The molecule has 0 radical (unpaired) electrons. The van der Waals surface area contributed by atoms with Gasteiger partial charge in [0.05, 0.1) is 25.7 Å². The van der Waals surface area contributed by atoms with Crippen LogP contribution in [0.2, 0.25) is 0 Å². The summed E-state index contributed by atoms with van der Waals surface area (Å²) in [4.78, 5) is 22.0. The Morgan fingerprint density at radius 2 is 1.94 bits per heavy atom. The predicted molar refractivity (Wildman–Crippen MR) is 65.5 cm³/mol. The van der Waals surface area contributed by atoms with E-state index < -0.39 is 11.9 Å². The summed E-state index contributed by atoms with van der Waals surface area (Å²) in [7, 11) is 1.58. The lowest BCUT2D eigenvalue weighted by atomic mass is 10.1. The molecule has 0 aliphatic rings. The molecule has 0 heterocycles. The third-order valence-electron chi connectivity index (χ3n) is 2.31. The molecule has 0 aliphatic carbocycles. The second-order valence-corrected chi connectivity index (χ2v) is 3.69. The number of aliphatic carboxylic acids is 1. The van der Waals surface area contributed by atoms with Crippen molar-refractivity contribution in [2.24, 2.45) is 5.92 Å². The van der Waals surface area contributed by atoms with Gasteiger partial charge in [0, 0.05) is 20.2 Å². The minimum Gasteiger partial charge on any atom is -0.481 e. The second kappa shape index (κ2) is 10.8. The van der Waals surface area contributed by atoms with Crippen LogP contribution in [0.25, 0.3) is 0 Å². The van der Waals surface area contributed by atoms with Gasteiger partial charge in [-0.3, -0.25) is 4.79 Å². The number of rotatable bonds is 10. The number of carboxylic acid groups (broad SMARTS) is 1. The zero-order valence-electron chi connectivity index (χ0n) is 10.9. The van der Waals surface area contributed by atoms with Gasteiger partial charge in [0.15, 0.2) is 0 Å². The van der Waals surface area contributed by atoms with Crippen LogP contribution >= 0.6 is 0 Å². The Bertz CT molecular complexity index is 248. The summed E-state index contributed by atoms with van der Waals surface area (Å²) >= 11 is 0. The van der Waals surface area contributed by atoms with Crippen molar-refractivity contribution in [3.05, 3.63) is 0 Å². The van der Waals surface area contributed by atoms with Crippen LogP contribution < -0.4 is 10.6 Å². The average Bonchev–Trinajstić information content (AvgIpc) is 2.34. The molecule has 0 aliphatic heterocycles. The van der Waals surface area contributed by atoms with Crippen LogP contribution in [0.4, 0.5) is 4.79 Å². The van der Waals surface area contributed by atoms with Crippen LogP contribution in [0.15, 0.2) is 0 Å². The molecule has 0 aromatic heterocycles. The topological polar surface area (TPSA) is 96.9 Å². The van der Waals surface area contributed by atoms with Gasteiger partial charge in [0.25, 0.3) is 0 Å². The number of carboxylic acids is 1. The molecule has 1 unspecified atom stereocenters. The van der Waals surface area contributed by atoms with Crippen LogP contribution in [0.5, 0.6) is 0 Å². The van der Waals surface area contributed by atoms with Gasteiger partial charge in [-0.05, 0) is 6.42 Å². The van der Waals surface area contributed by atoms with Gasteiger partial charge >= 0.3 is 12.0 Å². The Labute approximate surface area is 107 Å². The molecule has 3 N–H and O–H groups in total. The minimum atomic E-state index is -0.902. The normalized spacial score (nSPS) is 11.9. The monoisotopic (exact) mass is 262 g/mol. The van der Waals surface area contributed by atoms with E-state index in [1.807, 2.05) is 0 Å². The molecular weight excluding hydrogens is 240 g/mol. The van der Waals surface area contributed by atoms with Crippen LogP contribution in [-0.4, -0.2) is 57.1 Å². The molecule has 0 bridgehead atoms. The molecule has 0 spiro atoms. The van der Waals surface area contributed by atoms with E-state index in [0.29, 0.717) is 32.8 Å². The smallest absolute Gasteiger partial charge is 0.314 e. The summed E-state index contributed by atoms with van der Waals surface area (Å²) in [6.45, 7) is 3.66. The fourth-order valence-electron chi connectivity index (χ4n) is 1.17. The third kappa shape index (κ3) is 8.77. The Hall–Kier alpha value is -1.34. The maximum atomic E-state index is 11.3. The van der Waals surface area contributed by atoms with Gasteiger partial charge in [-0.1, -0.05) is 6.92 Å². The fraction of sp³-hybridized carbons (Fsp3) is 0.818. The minimum absolute atomic E-state index is 0.127. The number of ether oxygens (including phenoxy) is 2. The van der Waals surface area contributed by atoms with Crippen molar-refractivity contribution >= 4 is 12.0 Å². The van der Waals surface area contributed by atoms with Crippen molar-refractivity contribution in [3.8, 4) is 0 Å². The Morgan fingerprint density at radius 3 is 2.50 bits per heavy atom. The first-order valence-electron chi connectivity index (χ1n) is 5.93. The number of carbonyl (C=O) groups excluding carboxylic acids is 1. The van der Waals surface area contributed by atoms with E-state index in [1.54, 1.807) is 14.0 Å². The molecule has 2 amide bonds. The van der Waals surface area contributed by atoms with Crippen molar-refractivity contribution < 1.29 is 24.2 Å². The summed E-state index contributed by atoms with van der Waals surface area (Å²) in [6.07, 6.45) is 0.482. The number of methoxy groups -OCH3 is 1.